The molecule has 3 aliphatic rings. The fraction of sp³-hybridized carbons (Fsp3) is 0.429. The molecule has 2 saturated heterocycles. The smallest absolute Gasteiger partial charge is 0.263 e. The van der Waals surface area contributed by atoms with Crippen LogP contribution in [0.4, 0.5) is 10.1 Å². The van der Waals surface area contributed by atoms with Gasteiger partial charge in [-0.3, -0.25) is 24.1 Å². The highest BCUT2D eigenvalue weighted by Gasteiger charge is 2.39. The highest BCUT2D eigenvalue weighted by Crippen LogP contribution is 2.34. The molecular formula is C28H31FN4O4. The summed E-state index contributed by atoms with van der Waals surface area (Å²) in [5, 5.41) is 0. The van der Waals surface area contributed by atoms with Crippen LogP contribution in [0.2, 0.25) is 0 Å². The van der Waals surface area contributed by atoms with E-state index in [1.165, 1.54) is 17.0 Å². The number of rotatable bonds is 5. The van der Waals surface area contributed by atoms with Crippen molar-refractivity contribution in [2.45, 2.75) is 26.2 Å². The molecule has 0 aliphatic carbocycles. The number of halogens is 1. The molecule has 37 heavy (non-hydrogen) atoms. The Kier molecular flexibility index (Phi) is 6.95. The zero-order valence-corrected chi connectivity index (χ0v) is 21.0. The van der Waals surface area contributed by atoms with Crippen LogP contribution in [-0.2, 0) is 16.0 Å². The number of carbonyl (C=O) groups excluding carboxylic acids is 4. The first kappa shape index (κ1) is 24.9. The second kappa shape index (κ2) is 10.3. The highest BCUT2D eigenvalue weighted by atomic mass is 19.1. The topological polar surface area (TPSA) is 81.2 Å². The van der Waals surface area contributed by atoms with Gasteiger partial charge in [-0.2, -0.15) is 0 Å². The van der Waals surface area contributed by atoms with Gasteiger partial charge in [0.1, 0.15) is 5.82 Å². The third-order valence-electron chi connectivity index (χ3n) is 7.71. The Balaban J connectivity index is 1.22. The minimum absolute atomic E-state index is 0.0383. The van der Waals surface area contributed by atoms with E-state index in [1.54, 1.807) is 36.1 Å². The van der Waals surface area contributed by atoms with Crippen molar-refractivity contribution in [2.75, 3.05) is 50.7 Å². The predicted molar refractivity (Wildman–Crippen MR) is 136 cm³/mol. The van der Waals surface area contributed by atoms with Crippen molar-refractivity contribution in [3.63, 3.8) is 0 Å². The lowest BCUT2D eigenvalue weighted by Crippen LogP contribution is -2.52. The van der Waals surface area contributed by atoms with Crippen LogP contribution >= 0.6 is 0 Å². The van der Waals surface area contributed by atoms with Crippen molar-refractivity contribution in [2.24, 2.45) is 5.92 Å². The van der Waals surface area contributed by atoms with Gasteiger partial charge in [-0.25, -0.2) is 4.39 Å². The molecule has 0 aromatic heterocycles. The second-order valence-electron chi connectivity index (χ2n) is 9.93. The maximum atomic E-state index is 13.5. The van der Waals surface area contributed by atoms with E-state index in [2.05, 4.69) is 4.90 Å². The van der Waals surface area contributed by atoms with Gasteiger partial charge >= 0.3 is 0 Å². The van der Waals surface area contributed by atoms with Gasteiger partial charge in [-0.1, -0.05) is 18.2 Å². The molecule has 3 heterocycles. The number of anilines is 1. The van der Waals surface area contributed by atoms with Crippen LogP contribution in [0.15, 0.2) is 42.5 Å². The summed E-state index contributed by atoms with van der Waals surface area (Å²) >= 11 is 0. The van der Waals surface area contributed by atoms with Crippen molar-refractivity contribution in [1.82, 2.24) is 14.7 Å². The van der Waals surface area contributed by atoms with E-state index in [-0.39, 0.29) is 41.9 Å². The molecule has 0 radical (unpaired) electrons. The summed E-state index contributed by atoms with van der Waals surface area (Å²) in [6, 6.07) is 11.5. The van der Waals surface area contributed by atoms with Crippen LogP contribution in [0.25, 0.3) is 0 Å². The predicted octanol–water partition coefficient (Wildman–Crippen LogP) is 2.57. The lowest BCUT2D eigenvalue weighted by Gasteiger charge is -2.39. The number of piperidine rings is 1. The molecule has 3 aliphatic heterocycles. The molecule has 194 valence electrons. The summed E-state index contributed by atoms with van der Waals surface area (Å²) < 4.78 is 13.5. The highest BCUT2D eigenvalue weighted by molar-refractivity contribution is 6.23. The molecule has 8 nitrogen and oxygen atoms in total. The number of hydrogen-bond acceptors (Lipinski definition) is 5. The van der Waals surface area contributed by atoms with Gasteiger partial charge in [0.2, 0.25) is 11.8 Å². The molecule has 0 saturated carbocycles. The van der Waals surface area contributed by atoms with Crippen molar-refractivity contribution in [3.8, 4) is 0 Å². The molecule has 0 atom stereocenters. The molecule has 0 spiro atoms. The zero-order chi connectivity index (χ0) is 26.1. The van der Waals surface area contributed by atoms with Crippen LogP contribution in [0, 0.1) is 11.7 Å². The largest absolute Gasteiger partial charge is 0.371 e. The molecule has 2 aromatic rings. The van der Waals surface area contributed by atoms with Gasteiger partial charge in [0, 0.05) is 58.7 Å². The zero-order valence-electron chi connectivity index (χ0n) is 21.0. The average molecular weight is 507 g/mol. The Morgan fingerprint density at radius 1 is 0.892 bits per heavy atom. The van der Waals surface area contributed by atoms with Crippen LogP contribution in [0.1, 0.15) is 46.0 Å². The van der Waals surface area contributed by atoms with Gasteiger partial charge in [0.25, 0.3) is 11.8 Å². The minimum Gasteiger partial charge on any atom is -0.371 e. The average Bonchev–Trinajstić information content (AvgIpc) is 3.16. The lowest BCUT2D eigenvalue weighted by atomic mass is 9.93. The standard InChI is InChI=1S/C28H31FN4O4/c1-19(34)30-14-16-32(17-15-30)26(35)21-9-11-31(12-10-21)24-7-3-6-23-25(24)28(37)33(27(23)36)13-8-20-4-2-5-22(29)18-20/h2-7,18,21H,8-17H2,1H3. The first-order valence-electron chi connectivity index (χ1n) is 12.9. The summed E-state index contributed by atoms with van der Waals surface area (Å²) in [4.78, 5) is 58.0. The Hall–Kier alpha value is -3.75. The summed E-state index contributed by atoms with van der Waals surface area (Å²) in [5.74, 6) is -0.909. The molecule has 0 N–H and O–H groups in total. The van der Waals surface area contributed by atoms with E-state index in [0.29, 0.717) is 69.7 Å². The van der Waals surface area contributed by atoms with Crippen molar-refractivity contribution >= 4 is 29.3 Å². The molecule has 2 fully saturated rings. The third kappa shape index (κ3) is 4.95. The van der Waals surface area contributed by atoms with Gasteiger partial charge in [0.05, 0.1) is 16.8 Å². The van der Waals surface area contributed by atoms with Crippen LogP contribution in [0.5, 0.6) is 0 Å². The maximum Gasteiger partial charge on any atom is 0.263 e. The number of nitrogens with zero attached hydrogens (tertiary/aromatic N) is 4. The number of benzene rings is 2. The number of carbonyl (C=O) groups is 4. The monoisotopic (exact) mass is 506 g/mol. The first-order chi connectivity index (χ1) is 17.8. The quantitative estimate of drug-likeness (QED) is 0.583. The summed E-state index contributed by atoms with van der Waals surface area (Å²) in [6.45, 7) is 5.23. The number of piperazine rings is 1. The van der Waals surface area contributed by atoms with Crippen LogP contribution in [0.3, 0.4) is 0 Å². The van der Waals surface area contributed by atoms with Crippen molar-refractivity contribution in [3.05, 3.63) is 65.0 Å². The maximum absolute atomic E-state index is 13.5. The summed E-state index contributed by atoms with van der Waals surface area (Å²) in [7, 11) is 0. The number of hydrogen-bond donors (Lipinski definition) is 0. The SMILES string of the molecule is CC(=O)N1CCN(C(=O)C2CCN(c3cccc4c3C(=O)N(CCc3cccc(F)c3)C4=O)CC2)CC1. The van der Waals surface area contributed by atoms with Crippen molar-refractivity contribution < 1.29 is 23.6 Å². The fourth-order valence-corrected chi connectivity index (χ4v) is 5.58. The van der Waals surface area contributed by atoms with E-state index in [9.17, 15) is 23.6 Å². The molecule has 2 aromatic carbocycles. The van der Waals surface area contributed by atoms with E-state index in [0.717, 1.165) is 11.3 Å². The lowest BCUT2D eigenvalue weighted by molar-refractivity contribution is -0.141. The minimum atomic E-state index is -0.345. The Morgan fingerprint density at radius 2 is 1.57 bits per heavy atom. The van der Waals surface area contributed by atoms with Gasteiger partial charge in [0.15, 0.2) is 0 Å². The van der Waals surface area contributed by atoms with E-state index < -0.39 is 0 Å². The van der Waals surface area contributed by atoms with E-state index in [4.69, 9.17) is 0 Å². The summed E-state index contributed by atoms with van der Waals surface area (Å²) in [6.07, 6.45) is 1.72. The van der Waals surface area contributed by atoms with Crippen LogP contribution in [-0.4, -0.2) is 84.1 Å². The summed E-state index contributed by atoms with van der Waals surface area (Å²) in [5.41, 5.74) is 2.26. The molecule has 0 unspecified atom stereocenters. The van der Waals surface area contributed by atoms with Gasteiger partial charge in [-0.05, 0) is 49.1 Å². The van der Waals surface area contributed by atoms with Gasteiger partial charge < -0.3 is 14.7 Å². The Morgan fingerprint density at radius 3 is 2.24 bits per heavy atom. The van der Waals surface area contributed by atoms with Crippen molar-refractivity contribution in [1.29, 1.82) is 0 Å². The molecule has 9 heteroatoms. The number of imide groups is 1. The molecule has 0 bridgehead atoms. The fourth-order valence-electron chi connectivity index (χ4n) is 5.58. The van der Waals surface area contributed by atoms with Gasteiger partial charge in [-0.15, -0.1) is 0 Å². The molecular weight excluding hydrogens is 475 g/mol. The van der Waals surface area contributed by atoms with E-state index >= 15 is 0 Å². The van der Waals surface area contributed by atoms with E-state index in [1.807, 2.05) is 11.0 Å². The Labute approximate surface area is 215 Å². The number of fused-ring (bicyclic) bond motifs is 1. The Bertz CT molecular complexity index is 1230. The first-order valence-corrected chi connectivity index (χ1v) is 12.9. The normalized spacial score (nSPS) is 18.4. The molecule has 5 rings (SSSR count). The van der Waals surface area contributed by atoms with Crippen LogP contribution < -0.4 is 4.90 Å². The number of amides is 4. The molecule has 4 amide bonds. The second-order valence-corrected chi connectivity index (χ2v) is 9.93. The third-order valence-corrected chi connectivity index (χ3v) is 7.71.